The Labute approximate surface area is 189 Å². The van der Waals surface area contributed by atoms with E-state index in [2.05, 4.69) is 10.2 Å². The van der Waals surface area contributed by atoms with Gasteiger partial charge in [0.1, 0.15) is 17.3 Å². The van der Waals surface area contributed by atoms with Gasteiger partial charge in [-0.1, -0.05) is 12.1 Å². The van der Waals surface area contributed by atoms with Crippen molar-refractivity contribution in [3.8, 4) is 16.9 Å². The molecule has 3 aromatic rings. The van der Waals surface area contributed by atoms with Crippen LogP contribution in [0.3, 0.4) is 0 Å². The van der Waals surface area contributed by atoms with Crippen molar-refractivity contribution < 1.29 is 45.0 Å². The summed E-state index contributed by atoms with van der Waals surface area (Å²) in [7, 11) is 0. The lowest BCUT2D eigenvalue weighted by atomic mass is 10.1. The van der Waals surface area contributed by atoms with E-state index in [4.69, 9.17) is 5.11 Å². The Morgan fingerprint density at radius 3 is 2.20 bits per heavy atom. The first kappa shape index (κ1) is 25.8. The van der Waals surface area contributed by atoms with Crippen molar-refractivity contribution in [2.45, 2.75) is 24.9 Å². The second-order valence-electron chi connectivity index (χ2n) is 6.94. The molecule has 0 unspecified atom stereocenters. The number of carbonyl (C=O) groups excluding carboxylic acids is 1. The van der Waals surface area contributed by atoms with E-state index in [1.807, 2.05) is 0 Å². The molecular formula is C19H13F8N5O3. The summed E-state index contributed by atoms with van der Waals surface area (Å²) in [4.78, 5) is 25.3. The summed E-state index contributed by atoms with van der Waals surface area (Å²) in [6.07, 6.45) is -8.35. The summed E-state index contributed by atoms with van der Waals surface area (Å²) in [5, 5.41) is 17.5. The molecule has 0 aliphatic rings. The maximum Gasteiger partial charge on any atom is 0.416 e. The standard InChI is InChI=1S/C19H13F8N5O3/c20-17(21)31-7-11(6-28-31)32-16(35)12(15(34)29-14(8-33)19(25,26)27)5-13(30-32)9-1-3-10(4-2-9)18(22,23)24/h1-7,14,17,33H,8H2,(H,29,34)/t14-/m1/s1. The number of aliphatic hydroxyl groups is 1. The first-order valence-corrected chi connectivity index (χ1v) is 9.35. The van der Waals surface area contributed by atoms with Crippen LogP contribution >= 0.6 is 0 Å². The minimum atomic E-state index is -5.08. The number of aromatic nitrogens is 4. The molecule has 1 amide bonds. The van der Waals surface area contributed by atoms with Crippen LogP contribution in [0.1, 0.15) is 22.5 Å². The third-order valence-electron chi connectivity index (χ3n) is 4.58. The van der Waals surface area contributed by atoms with Crippen LogP contribution in [-0.2, 0) is 6.18 Å². The lowest BCUT2D eigenvalue weighted by Crippen LogP contribution is -2.49. The Balaban J connectivity index is 2.15. The first-order valence-electron chi connectivity index (χ1n) is 9.35. The Morgan fingerprint density at radius 2 is 1.71 bits per heavy atom. The molecule has 0 saturated heterocycles. The van der Waals surface area contributed by atoms with Gasteiger partial charge in [-0.25, -0.2) is 4.68 Å². The van der Waals surface area contributed by atoms with E-state index >= 15 is 0 Å². The van der Waals surface area contributed by atoms with E-state index < -0.39 is 59.8 Å². The number of aliphatic hydroxyl groups excluding tert-OH is 1. The molecule has 0 bridgehead atoms. The maximum absolute atomic E-state index is 13.0. The highest BCUT2D eigenvalue weighted by molar-refractivity contribution is 5.95. The van der Waals surface area contributed by atoms with Gasteiger partial charge in [0.25, 0.3) is 11.5 Å². The number of nitrogens with zero attached hydrogens (tertiary/aromatic N) is 4. The van der Waals surface area contributed by atoms with Gasteiger partial charge in [0.2, 0.25) is 0 Å². The quantitative estimate of drug-likeness (QED) is 0.496. The molecule has 1 aromatic carbocycles. The SMILES string of the molecule is O=C(N[C@H](CO)C(F)(F)F)c1cc(-c2ccc(C(F)(F)F)cc2)nn(-c2cnn(C(F)F)c2)c1=O. The number of rotatable bonds is 6. The van der Waals surface area contributed by atoms with Gasteiger partial charge in [-0.05, 0) is 18.2 Å². The first-order chi connectivity index (χ1) is 16.2. The predicted octanol–water partition coefficient (Wildman–Crippen LogP) is 3.16. The Hall–Kier alpha value is -3.82. The van der Waals surface area contributed by atoms with Crippen LogP contribution < -0.4 is 10.9 Å². The van der Waals surface area contributed by atoms with Crippen LogP contribution in [0.4, 0.5) is 35.1 Å². The molecule has 2 N–H and O–H groups in total. The van der Waals surface area contributed by atoms with Crippen LogP contribution in [0, 0.1) is 0 Å². The number of alkyl halides is 8. The molecule has 16 heteroatoms. The molecule has 0 saturated carbocycles. The van der Waals surface area contributed by atoms with E-state index in [-0.39, 0.29) is 15.9 Å². The predicted molar refractivity (Wildman–Crippen MR) is 102 cm³/mol. The molecule has 35 heavy (non-hydrogen) atoms. The maximum atomic E-state index is 13.0. The number of benzene rings is 1. The van der Waals surface area contributed by atoms with Gasteiger partial charge in [-0.3, -0.25) is 9.59 Å². The molecule has 0 aliphatic carbocycles. The fourth-order valence-corrected chi connectivity index (χ4v) is 2.81. The number of hydrogen-bond acceptors (Lipinski definition) is 5. The minimum Gasteiger partial charge on any atom is -0.394 e. The lowest BCUT2D eigenvalue weighted by molar-refractivity contribution is -0.161. The van der Waals surface area contributed by atoms with Crippen molar-refractivity contribution in [1.82, 2.24) is 24.9 Å². The fraction of sp³-hybridized carbons (Fsp3) is 0.263. The van der Waals surface area contributed by atoms with Gasteiger partial charge in [-0.15, -0.1) is 0 Å². The second-order valence-corrected chi connectivity index (χ2v) is 6.94. The molecule has 0 fully saturated rings. The fourth-order valence-electron chi connectivity index (χ4n) is 2.81. The normalized spacial score (nSPS) is 13.2. The van der Waals surface area contributed by atoms with Gasteiger partial charge < -0.3 is 10.4 Å². The average Bonchev–Trinajstić information content (AvgIpc) is 3.26. The summed E-state index contributed by atoms with van der Waals surface area (Å²) in [6, 6.07) is 1.15. The molecule has 8 nitrogen and oxygen atoms in total. The third-order valence-corrected chi connectivity index (χ3v) is 4.58. The van der Waals surface area contributed by atoms with E-state index in [9.17, 15) is 44.7 Å². The number of carbonyl (C=O) groups is 1. The van der Waals surface area contributed by atoms with Crippen LogP contribution in [0.25, 0.3) is 16.9 Å². The van der Waals surface area contributed by atoms with Crippen LogP contribution in [0.5, 0.6) is 0 Å². The number of hydrogen-bond donors (Lipinski definition) is 2. The summed E-state index contributed by atoms with van der Waals surface area (Å²) in [6.45, 7) is -4.68. The highest BCUT2D eigenvalue weighted by Crippen LogP contribution is 2.30. The monoisotopic (exact) mass is 511 g/mol. The summed E-state index contributed by atoms with van der Waals surface area (Å²) < 4.78 is 104. The topological polar surface area (TPSA) is 102 Å². The molecular weight excluding hydrogens is 498 g/mol. The van der Waals surface area contributed by atoms with Gasteiger partial charge in [0, 0.05) is 5.56 Å². The average molecular weight is 511 g/mol. The molecule has 3 rings (SSSR count). The minimum absolute atomic E-state index is 0.0865. The van der Waals surface area contributed by atoms with Crippen LogP contribution in [-0.4, -0.2) is 49.4 Å². The molecule has 0 aliphatic heterocycles. The Kier molecular flexibility index (Phi) is 6.96. The third kappa shape index (κ3) is 5.64. The molecule has 2 heterocycles. The van der Waals surface area contributed by atoms with Crippen molar-refractivity contribution in [2.24, 2.45) is 0 Å². The van der Waals surface area contributed by atoms with Crippen LogP contribution in [0.15, 0.2) is 47.5 Å². The van der Waals surface area contributed by atoms with E-state index in [1.54, 1.807) is 0 Å². The summed E-state index contributed by atoms with van der Waals surface area (Å²) in [5.41, 5.74) is -4.18. The molecule has 1 atom stereocenters. The lowest BCUT2D eigenvalue weighted by Gasteiger charge is -2.19. The summed E-state index contributed by atoms with van der Waals surface area (Å²) >= 11 is 0. The van der Waals surface area contributed by atoms with Crippen molar-refractivity contribution in [3.05, 3.63) is 64.2 Å². The zero-order valence-corrected chi connectivity index (χ0v) is 17.0. The van der Waals surface area contributed by atoms with Crippen molar-refractivity contribution >= 4 is 5.91 Å². The van der Waals surface area contributed by atoms with E-state index in [0.29, 0.717) is 23.0 Å². The highest BCUT2D eigenvalue weighted by atomic mass is 19.4. The van der Waals surface area contributed by atoms with Gasteiger partial charge in [-0.2, -0.15) is 50.0 Å². The van der Waals surface area contributed by atoms with E-state index in [1.165, 1.54) is 5.32 Å². The Morgan fingerprint density at radius 1 is 1.09 bits per heavy atom. The van der Waals surface area contributed by atoms with Crippen molar-refractivity contribution in [3.63, 3.8) is 0 Å². The zero-order chi connectivity index (χ0) is 26.1. The largest absolute Gasteiger partial charge is 0.416 e. The molecule has 0 spiro atoms. The number of amides is 1. The molecule has 2 aromatic heterocycles. The Bertz CT molecular complexity index is 1270. The van der Waals surface area contributed by atoms with E-state index in [0.717, 1.165) is 24.4 Å². The number of halogens is 8. The molecule has 188 valence electrons. The molecule has 0 radical (unpaired) electrons. The highest BCUT2D eigenvalue weighted by Gasteiger charge is 2.40. The van der Waals surface area contributed by atoms with Gasteiger partial charge >= 0.3 is 18.9 Å². The van der Waals surface area contributed by atoms with Gasteiger partial charge in [0.15, 0.2) is 0 Å². The van der Waals surface area contributed by atoms with Crippen molar-refractivity contribution in [2.75, 3.05) is 6.61 Å². The van der Waals surface area contributed by atoms with Gasteiger partial charge in [0.05, 0.1) is 30.3 Å². The zero-order valence-electron chi connectivity index (χ0n) is 17.0. The van der Waals surface area contributed by atoms with Crippen molar-refractivity contribution in [1.29, 1.82) is 0 Å². The number of nitrogens with one attached hydrogen (secondary N) is 1. The second kappa shape index (κ2) is 9.44. The van der Waals surface area contributed by atoms with Crippen LogP contribution in [0.2, 0.25) is 0 Å². The summed E-state index contributed by atoms with van der Waals surface area (Å²) in [5.74, 6) is -1.60. The smallest absolute Gasteiger partial charge is 0.394 e.